The minimum Gasteiger partial charge on any atom is -0.387 e. The van der Waals surface area contributed by atoms with Crippen molar-refractivity contribution in [2.24, 2.45) is 0 Å². The van der Waals surface area contributed by atoms with Gasteiger partial charge in [0.05, 0.1) is 17.9 Å². The highest BCUT2D eigenvalue weighted by molar-refractivity contribution is 7.85. The summed E-state index contributed by atoms with van der Waals surface area (Å²) in [6.07, 6.45) is 43.2. The number of aliphatic hydroxyl groups excluding tert-OH is 1. The van der Waals surface area contributed by atoms with E-state index in [1.54, 1.807) is 6.08 Å². The SMILES string of the molecule is CC/C=C/CC/C=C/CC/C=C/C(O)C(CS(=O)(=O)O)NC(=O)CCCCCCCC/C=C\C/C=C\C/C=C\CCCCC. The number of unbranched alkanes of at least 4 members (excludes halogenated alkanes) is 11. The lowest BCUT2D eigenvalue weighted by atomic mass is 10.1. The van der Waals surface area contributed by atoms with E-state index >= 15 is 0 Å². The molecule has 2 atom stereocenters. The Morgan fingerprint density at radius 3 is 1.68 bits per heavy atom. The molecule has 0 fully saturated rings. The van der Waals surface area contributed by atoms with E-state index in [1.807, 2.05) is 0 Å². The van der Waals surface area contributed by atoms with Crippen molar-refractivity contribution in [1.82, 2.24) is 5.32 Å². The number of hydrogen-bond acceptors (Lipinski definition) is 4. The molecule has 0 aliphatic carbocycles. The van der Waals surface area contributed by atoms with Crippen LogP contribution in [0.15, 0.2) is 72.9 Å². The first-order valence-corrected chi connectivity index (χ1v) is 18.7. The molecule has 0 radical (unpaired) electrons. The lowest BCUT2D eigenvalue weighted by Gasteiger charge is -2.21. The average Bonchev–Trinajstić information content (AvgIpc) is 2.98. The standard InChI is InChI=1S/C37H63NO5S/c1-3-5-7-9-11-13-15-16-17-18-19-20-21-22-23-25-27-29-31-33-37(40)38-35(34-44(41,42)43)36(39)32-30-28-26-24-14-12-10-8-6-4-2/h6,8,11,13-14,16-17,19-20,24,30,32,35-36,39H,3-5,7,9-10,12,15,18,21-23,25-29,31,33-34H2,1-2H3,(H,38,40)(H,41,42,43)/b8-6+,13-11-,17-16-,20-19-,24-14+,32-30+. The number of carbonyl (C=O) groups is 1. The minimum atomic E-state index is -4.36. The maximum atomic E-state index is 12.4. The zero-order valence-corrected chi connectivity index (χ0v) is 28.6. The molecular weight excluding hydrogens is 570 g/mol. The number of rotatable bonds is 29. The molecule has 6 nitrogen and oxygen atoms in total. The Morgan fingerprint density at radius 1 is 0.636 bits per heavy atom. The average molecular weight is 634 g/mol. The van der Waals surface area contributed by atoms with E-state index in [2.05, 4.69) is 79.9 Å². The molecule has 0 aromatic rings. The highest BCUT2D eigenvalue weighted by atomic mass is 32.2. The highest BCUT2D eigenvalue weighted by Crippen LogP contribution is 2.10. The van der Waals surface area contributed by atoms with Crippen molar-refractivity contribution in [3.63, 3.8) is 0 Å². The van der Waals surface area contributed by atoms with E-state index < -0.39 is 28.0 Å². The van der Waals surface area contributed by atoms with Crippen LogP contribution in [-0.4, -0.2) is 41.9 Å². The molecule has 0 heterocycles. The van der Waals surface area contributed by atoms with Gasteiger partial charge in [-0.15, -0.1) is 0 Å². The number of aliphatic hydroxyl groups is 1. The van der Waals surface area contributed by atoms with Crippen LogP contribution in [0.2, 0.25) is 0 Å². The lowest BCUT2D eigenvalue weighted by Crippen LogP contribution is -2.46. The molecule has 0 bridgehead atoms. The van der Waals surface area contributed by atoms with Crippen molar-refractivity contribution in [1.29, 1.82) is 0 Å². The van der Waals surface area contributed by atoms with E-state index in [1.165, 1.54) is 31.8 Å². The molecule has 0 spiro atoms. The number of nitrogens with one attached hydrogen (secondary N) is 1. The molecule has 0 saturated carbocycles. The molecule has 252 valence electrons. The van der Waals surface area contributed by atoms with Gasteiger partial charge in [-0.1, -0.05) is 125 Å². The third kappa shape index (κ3) is 31.2. The third-order valence-electron chi connectivity index (χ3n) is 7.09. The van der Waals surface area contributed by atoms with Crippen LogP contribution in [0.4, 0.5) is 0 Å². The van der Waals surface area contributed by atoms with Crippen molar-refractivity contribution in [2.75, 3.05) is 5.75 Å². The molecule has 3 N–H and O–H groups in total. The zero-order chi connectivity index (χ0) is 32.6. The van der Waals surface area contributed by atoms with Gasteiger partial charge in [0.25, 0.3) is 10.1 Å². The van der Waals surface area contributed by atoms with Crippen molar-refractivity contribution in [3.8, 4) is 0 Å². The van der Waals surface area contributed by atoms with Crippen LogP contribution < -0.4 is 5.32 Å². The zero-order valence-electron chi connectivity index (χ0n) is 27.8. The predicted molar refractivity (Wildman–Crippen MR) is 188 cm³/mol. The Labute approximate surface area is 270 Å². The maximum absolute atomic E-state index is 12.4. The molecule has 7 heteroatoms. The second kappa shape index (κ2) is 30.8. The number of amides is 1. The molecule has 44 heavy (non-hydrogen) atoms. The molecular formula is C37H63NO5S. The summed E-state index contributed by atoms with van der Waals surface area (Å²) >= 11 is 0. The first-order valence-electron chi connectivity index (χ1n) is 17.1. The number of carbonyl (C=O) groups excluding carboxylic acids is 1. The van der Waals surface area contributed by atoms with E-state index in [4.69, 9.17) is 0 Å². The Balaban J connectivity index is 4.06. The van der Waals surface area contributed by atoms with Crippen LogP contribution in [0.25, 0.3) is 0 Å². The summed E-state index contributed by atoms with van der Waals surface area (Å²) in [5.74, 6) is -1.04. The van der Waals surface area contributed by atoms with Gasteiger partial charge >= 0.3 is 0 Å². The first kappa shape index (κ1) is 41.8. The maximum Gasteiger partial charge on any atom is 0.267 e. The second-order valence-corrected chi connectivity index (χ2v) is 12.9. The van der Waals surface area contributed by atoms with Gasteiger partial charge in [-0.2, -0.15) is 8.42 Å². The molecule has 0 saturated heterocycles. The summed E-state index contributed by atoms with van der Waals surface area (Å²) in [5.41, 5.74) is 0. The van der Waals surface area contributed by atoms with Gasteiger partial charge in [0, 0.05) is 6.42 Å². The Bertz CT molecular complexity index is 962. The number of allylic oxidation sites excluding steroid dienone is 11. The Kier molecular flexibility index (Phi) is 29.2. The minimum absolute atomic E-state index is 0.265. The van der Waals surface area contributed by atoms with Gasteiger partial charge < -0.3 is 10.4 Å². The molecule has 0 aromatic carbocycles. The molecule has 0 aromatic heterocycles. The van der Waals surface area contributed by atoms with Gasteiger partial charge in [-0.3, -0.25) is 9.35 Å². The van der Waals surface area contributed by atoms with Gasteiger partial charge in [0.15, 0.2) is 0 Å². The van der Waals surface area contributed by atoms with E-state index in [-0.39, 0.29) is 12.3 Å². The summed E-state index contributed by atoms with van der Waals surface area (Å²) < 4.78 is 32.2. The molecule has 1 amide bonds. The fourth-order valence-electron chi connectivity index (χ4n) is 4.55. The molecule has 0 aliphatic rings. The van der Waals surface area contributed by atoms with Gasteiger partial charge in [-0.05, 0) is 77.0 Å². The van der Waals surface area contributed by atoms with Crippen molar-refractivity contribution in [2.45, 2.75) is 148 Å². The fraction of sp³-hybridized carbons (Fsp3) is 0.649. The summed E-state index contributed by atoms with van der Waals surface area (Å²) in [4.78, 5) is 12.4. The largest absolute Gasteiger partial charge is 0.387 e. The quantitative estimate of drug-likeness (QED) is 0.0432. The molecule has 0 rings (SSSR count). The van der Waals surface area contributed by atoms with Crippen LogP contribution >= 0.6 is 0 Å². The van der Waals surface area contributed by atoms with Gasteiger partial charge in [0.2, 0.25) is 5.91 Å². The van der Waals surface area contributed by atoms with Crippen LogP contribution in [0.5, 0.6) is 0 Å². The molecule has 0 aliphatic heterocycles. The summed E-state index contributed by atoms with van der Waals surface area (Å²) in [6.45, 7) is 4.34. The van der Waals surface area contributed by atoms with Crippen LogP contribution in [-0.2, 0) is 14.9 Å². The Morgan fingerprint density at radius 2 is 1.11 bits per heavy atom. The van der Waals surface area contributed by atoms with Gasteiger partial charge in [-0.25, -0.2) is 0 Å². The molecule has 2 unspecified atom stereocenters. The number of hydrogen-bond donors (Lipinski definition) is 3. The fourth-order valence-corrected chi connectivity index (χ4v) is 5.29. The summed E-state index contributed by atoms with van der Waals surface area (Å²) in [6, 6.07) is -1.09. The van der Waals surface area contributed by atoms with Gasteiger partial charge in [0.1, 0.15) is 0 Å². The van der Waals surface area contributed by atoms with Crippen molar-refractivity contribution in [3.05, 3.63) is 72.9 Å². The van der Waals surface area contributed by atoms with Crippen molar-refractivity contribution < 1.29 is 22.9 Å². The van der Waals surface area contributed by atoms with Crippen LogP contribution in [0.3, 0.4) is 0 Å². The van der Waals surface area contributed by atoms with Crippen molar-refractivity contribution >= 4 is 16.0 Å². The monoisotopic (exact) mass is 633 g/mol. The topological polar surface area (TPSA) is 104 Å². The van der Waals surface area contributed by atoms with Crippen LogP contribution in [0.1, 0.15) is 136 Å². The van der Waals surface area contributed by atoms with E-state index in [0.29, 0.717) is 12.8 Å². The van der Waals surface area contributed by atoms with Crippen LogP contribution in [0, 0.1) is 0 Å². The predicted octanol–water partition coefficient (Wildman–Crippen LogP) is 9.51. The Hall–Kier alpha value is -2.22. The lowest BCUT2D eigenvalue weighted by molar-refractivity contribution is -0.122. The summed E-state index contributed by atoms with van der Waals surface area (Å²) in [5, 5.41) is 13.1. The second-order valence-electron chi connectivity index (χ2n) is 11.4. The van der Waals surface area contributed by atoms with E-state index in [0.717, 1.165) is 77.0 Å². The normalized spacial score (nSPS) is 14.4. The third-order valence-corrected chi connectivity index (χ3v) is 7.87. The first-order chi connectivity index (χ1) is 21.3. The van der Waals surface area contributed by atoms with E-state index in [9.17, 15) is 22.9 Å². The summed E-state index contributed by atoms with van der Waals surface area (Å²) in [7, 11) is -4.36. The highest BCUT2D eigenvalue weighted by Gasteiger charge is 2.24. The smallest absolute Gasteiger partial charge is 0.267 e.